The van der Waals surface area contributed by atoms with Crippen LogP contribution >= 0.6 is 38.9 Å². The molecule has 0 unspecified atom stereocenters. The van der Waals surface area contributed by atoms with E-state index >= 15 is 0 Å². The number of nitrogens with one attached hydrogen (secondary N) is 1. The summed E-state index contributed by atoms with van der Waals surface area (Å²) in [5.74, 6) is 0.341. The van der Waals surface area contributed by atoms with Gasteiger partial charge in [-0.3, -0.25) is 4.79 Å². The van der Waals surface area contributed by atoms with Crippen LogP contribution < -0.4 is 10.1 Å². The number of amides is 1. The summed E-state index contributed by atoms with van der Waals surface area (Å²) < 4.78 is 11.3. The summed E-state index contributed by atoms with van der Waals surface area (Å²) in [6, 6.07) is 6.91. The van der Waals surface area contributed by atoms with Crippen LogP contribution in [0.2, 0.25) is 5.02 Å². The predicted octanol–water partition coefficient (Wildman–Crippen LogP) is 4.44. The highest BCUT2D eigenvalue weighted by Crippen LogP contribution is 2.30. The number of halogens is 2. The van der Waals surface area contributed by atoms with E-state index < -0.39 is 0 Å². The Morgan fingerprint density at radius 3 is 2.86 bits per heavy atom. The van der Waals surface area contributed by atoms with E-state index in [0.717, 1.165) is 4.47 Å². The Morgan fingerprint density at radius 2 is 2.19 bits per heavy atom. The highest BCUT2D eigenvalue weighted by atomic mass is 79.9. The Balaban J connectivity index is 2.16. The Kier molecular flexibility index (Phi) is 6.05. The molecular weight excluding hydrogens is 378 g/mol. The number of methoxy groups -OCH3 is 1. The number of anilines is 1. The number of carbonyl (C=O) groups excluding carboxylic acids is 1. The molecule has 0 saturated carbocycles. The van der Waals surface area contributed by atoms with Crippen molar-refractivity contribution in [2.75, 3.05) is 25.6 Å². The second-order valence-electron chi connectivity index (χ2n) is 4.03. The van der Waals surface area contributed by atoms with Crippen LogP contribution in [0.3, 0.4) is 0 Å². The molecule has 0 aliphatic carbocycles. The normalized spacial score (nSPS) is 10.4. The summed E-state index contributed by atoms with van der Waals surface area (Å²) in [7, 11) is 1.60. The van der Waals surface area contributed by atoms with E-state index in [4.69, 9.17) is 21.1 Å². The zero-order chi connectivity index (χ0) is 15.2. The van der Waals surface area contributed by atoms with E-state index in [-0.39, 0.29) is 5.91 Å². The van der Waals surface area contributed by atoms with E-state index in [1.807, 2.05) is 11.4 Å². The number of carbonyl (C=O) groups is 1. The van der Waals surface area contributed by atoms with E-state index in [2.05, 4.69) is 21.2 Å². The van der Waals surface area contributed by atoms with Gasteiger partial charge in [0.2, 0.25) is 0 Å². The molecule has 112 valence electrons. The molecule has 0 fully saturated rings. The molecule has 0 spiro atoms. The molecule has 0 aliphatic rings. The number of thiophene rings is 1. The van der Waals surface area contributed by atoms with Gasteiger partial charge in [0.25, 0.3) is 5.91 Å². The third-order valence-corrected chi connectivity index (χ3v) is 4.63. The summed E-state index contributed by atoms with van der Waals surface area (Å²) in [4.78, 5) is 12.8. The topological polar surface area (TPSA) is 47.6 Å². The smallest absolute Gasteiger partial charge is 0.266 e. The molecule has 1 amide bonds. The number of ether oxygens (including phenoxy) is 2. The van der Waals surface area contributed by atoms with Crippen LogP contribution in [0.4, 0.5) is 5.69 Å². The van der Waals surface area contributed by atoms with Crippen molar-refractivity contribution in [2.45, 2.75) is 0 Å². The van der Waals surface area contributed by atoms with Crippen LogP contribution in [0.5, 0.6) is 5.75 Å². The van der Waals surface area contributed by atoms with Crippen LogP contribution in [0.1, 0.15) is 9.67 Å². The number of hydrogen-bond donors (Lipinski definition) is 1. The molecule has 2 aromatic rings. The number of benzene rings is 1. The van der Waals surface area contributed by atoms with Crippen molar-refractivity contribution in [2.24, 2.45) is 0 Å². The summed E-state index contributed by atoms with van der Waals surface area (Å²) >= 11 is 10.7. The Hall–Kier alpha value is -1.08. The van der Waals surface area contributed by atoms with Gasteiger partial charge in [-0.2, -0.15) is 0 Å². The Bertz CT molecular complexity index is 632. The van der Waals surface area contributed by atoms with Crippen molar-refractivity contribution < 1.29 is 14.3 Å². The molecule has 0 bridgehead atoms. The van der Waals surface area contributed by atoms with Gasteiger partial charge in [-0.25, -0.2) is 0 Å². The van der Waals surface area contributed by atoms with E-state index in [1.165, 1.54) is 11.3 Å². The number of hydrogen-bond acceptors (Lipinski definition) is 4. The van der Waals surface area contributed by atoms with Crippen molar-refractivity contribution >= 4 is 50.5 Å². The lowest BCUT2D eigenvalue weighted by Gasteiger charge is -2.12. The molecule has 2 rings (SSSR count). The lowest BCUT2D eigenvalue weighted by atomic mass is 10.3. The average molecular weight is 391 g/mol. The van der Waals surface area contributed by atoms with Crippen LogP contribution in [0.15, 0.2) is 34.1 Å². The molecule has 0 aliphatic heterocycles. The molecule has 1 N–H and O–H groups in total. The van der Waals surface area contributed by atoms with Crippen molar-refractivity contribution in [3.8, 4) is 5.75 Å². The summed E-state index contributed by atoms with van der Waals surface area (Å²) in [5, 5.41) is 5.18. The van der Waals surface area contributed by atoms with Gasteiger partial charge in [0.15, 0.2) is 0 Å². The fourth-order valence-electron chi connectivity index (χ4n) is 1.60. The molecule has 0 radical (unpaired) electrons. The first-order valence-electron chi connectivity index (χ1n) is 6.07. The Morgan fingerprint density at radius 1 is 1.38 bits per heavy atom. The van der Waals surface area contributed by atoms with E-state index in [9.17, 15) is 4.79 Å². The Labute approximate surface area is 140 Å². The van der Waals surface area contributed by atoms with Crippen molar-refractivity contribution in [1.82, 2.24) is 0 Å². The van der Waals surface area contributed by atoms with Gasteiger partial charge in [0, 0.05) is 16.6 Å². The molecule has 1 aromatic carbocycles. The lowest BCUT2D eigenvalue weighted by Crippen LogP contribution is -2.13. The molecule has 0 saturated heterocycles. The average Bonchev–Trinajstić information content (AvgIpc) is 2.88. The first-order chi connectivity index (χ1) is 10.1. The van der Waals surface area contributed by atoms with Crippen molar-refractivity contribution in [3.05, 3.63) is 44.0 Å². The largest absolute Gasteiger partial charge is 0.489 e. The van der Waals surface area contributed by atoms with Gasteiger partial charge in [-0.05, 0) is 45.6 Å². The minimum absolute atomic E-state index is 0.212. The molecule has 1 heterocycles. The van der Waals surface area contributed by atoms with Gasteiger partial charge >= 0.3 is 0 Å². The summed E-state index contributed by atoms with van der Waals surface area (Å²) in [5.41, 5.74) is 0.531. The van der Waals surface area contributed by atoms with E-state index in [0.29, 0.717) is 34.6 Å². The van der Waals surface area contributed by atoms with Crippen LogP contribution in [-0.4, -0.2) is 26.2 Å². The van der Waals surface area contributed by atoms with Crippen molar-refractivity contribution in [1.29, 1.82) is 0 Å². The first-order valence-corrected chi connectivity index (χ1v) is 8.12. The maximum Gasteiger partial charge on any atom is 0.266 e. The summed E-state index contributed by atoms with van der Waals surface area (Å²) in [6.07, 6.45) is 0. The first kappa shape index (κ1) is 16.3. The maximum absolute atomic E-state index is 12.2. The SMILES string of the molecule is COCCOc1ccc(Cl)cc1NC(=O)c1sccc1Br. The molecule has 1 aromatic heterocycles. The van der Waals surface area contributed by atoms with Crippen LogP contribution in [0.25, 0.3) is 0 Å². The monoisotopic (exact) mass is 389 g/mol. The minimum atomic E-state index is -0.212. The van der Waals surface area contributed by atoms with Crippen LogP contribution in [-0.2, 0) is 4.74 Å². The minimum Gasteiger partial charge on any atom is -0.489 e. The lowest BCUT2D eigenvalue weighted by molar-refractivity contribution is 0.102. The van der Waals surface area contributed by atoms with Crippen molar-refractivity contribution in [3.63, 3.8) is 0 Å². The van der Waals surface area contributed by atoms with Gasteiger partial charge in [-0.15, -0.1) is 11.3 Å². The fourth-order valence-corrected chi connectivity index (χ4v) is 3.21. The molecular formula is C14H13BrClNO3S. The standard InChI is InChI=1S/C14H13BrClNO3S/c1-19-5-6-20-12-3-2-9(16)8-11(12)17-14(18)13-10(15)4-7-21-13/h2-4,7-8H,5-6H2,1H3,(H,17,18). The molecule has 0 atom stereocenters. The number of rotatable bonds is 6. The highest BCUT2D eigenvalue weighted by molar-refractivity contribution is 9.10. The predicted molar refractivity (Wildman–Crippen MR) is 88.8 cm³/mol. The van der Waals surface area contributed by atoms with Gasteiger partial charge in [0.05, 0.1) is 12.3 Å². The third-order valence-electron chi connectivity index (χ3n) is 2.56. The zero-order valence-electron chi connectivity index (χ0n) is 11.2. The molecule has 7 heteroatoms. The molecule has 21 heavy (non-hydrogen) atoms. The van der Waals surface area contributed by atoms with Gasteiger partial charge in [-0.1, -0.05) is 11.6 Å². The van der Waals surface area contributed by atoms with Gasteiger partial charge in [0.1, 0.15) is 17.2 Å². The second-order valence-corrected chi connectivity index (χ2v) is 6.24. The van der Waals surface area contributed by atoms with Crippen LogP contribution in [0, 0.1) is 0 Å². The quantitative estimate of drug-likeness (QED) is 0.742. The fraction of sp³-hybridized carbons (Fsp3) is 0.214. The second kappa shape index (κ2) is 7.79. The summed E-state index contributed by atoms with van der Waals surface area (Å²) in [6.45, 7) is 0.857. The zero-order valence-corrected chi connectivity index (χ0v) is 14.3. The maximum atomic E-state index is 12.2. The van der Waals surface area contributed by atoms with E-state index in [1.54, 1.807) is 25.3 Å². The van der Waals surface area contributed by atoms with Gasteiger partial charge < -0.3 is 14.8 Å². The highest BCUT2D eigenvalue weighted by Gasteiger charge is 2.14. The molecule has 4 nitrogen and oxygen atoms in total. The third kappa shape index (κ3) is 4.44.